The first-order chi connectivity index (χ1) is 8.38. The van der Waals surface area contributed by atoms with E-state index < -0.39 is 0 Å². The Morgan fingerprint density at radius 3 is 1.59 bits per heavy atom. The molecule has 0 saturated heterocycles. The van der Waals surface area contributed by atoms with Gasteiger partial charge in [-0.3, -0.25) is 0 Å². The van der Waals surface area contributed by atoms with Crippen LogP contribution in [0.2, 0.25) is 0 Å². The fraction of sp³-hybridized carbons (Fsp3) is 0.667. The van der Waals surface area contributed by atoms with Crippen molar-refractivity contribution in [1.29, 1.82) is 0 Å². The molecular formula is C15H23NO. The highest BCUT2D eigenvalue weighted by Crippen LogP contribution is 2.13. The average molecular weight is 233 g/mol. The SMILES string of the molecule is [O-][n+]1c2cccc1CCCCCCCCCC2. The first-order valence-electron chi connectivity index (χ1n) is 7.08. The maximum atomic E-state index is 12.1. The number of hydrogen-bond acceptors (Lipinski definition) is 1. The predicted octanol–water partition coefficient (Wildman–Crippen LogP) is 3.54. The lowest BCUT2D eigenvalue weighted by Crippen LogP contribution is -2.36. The van der Waals surface area contributed by atoms with E-state index >= 15 is 0 Å². The number of aryl methyl sites for hydroxylation is 2. The second-order valence-corrected chi connectivity index (χ2v) is 5.13. The molecule has 2 bridgehead atoms. The summed E-state index contributed by atoms with van der Waals surface area (Å²) in [5.74, 6) is 0. The molecule has 2 heterocycles. The first-order valence-corrected chi connectivity index (χ1v) is 7.08. The lowest BCUT2D eigenvalue weighted by molar-refractivity contribution is -0.622. The highest BCUT2D eigenvalue weighted by atomic mass is 16.5. The minimum atomic E-state index is 0.942. The monoisotopic (exact) mass is 233 g/mol. The van der Waals surface area contributed by atoms with Crippen molar-refractivity contribution in [3.8, 4) is 0 Å². The van der Waals surface area contributed by atoms with E-state index in [0.717, 1.165) is 37.1 Å². The van der Waals surface area contributed by atoms with E-state index in [0.29, 0.717) is 0 Å². The summed E-state index contributed by atoms with van der Waals surface area (Å²) in [6.07, 6.45) is 12.1. The first kappa shape index (κ1) is 12.4. The number of pyridine rings is 1. The van der Waals surface area contributed by atoms with Crippen LogP contribution in [0, 0.1) is 5.21 Å². The van der Waals surface area contributed by atoms with E-state index in [1.165, 1.54) is 43.3 Å². The summed E-state index contributed by atoms with van der Waals surface area (Å²) in [5.41, 5.74) is 1.92. The third-order valence-corrected chi connectivity index (χ3v) is 3.71. The third kappa shape index (κ3) is 3.72. The van der Waals surface area contributed by atoms with Crippen molar-refractivity contribution >= 4 is 0 Å². The molecular weight excluding hydrogens is 210 g/mol. The number of aromatic nitrogens is 1. The highest BCUT2D eigenvalue weighted by Gasteiger charge is 2.10. The minimum Gasteiger partial charge on any atom is -0.618 e. The van der Waals surface area contributed by atoms with Gasteiger partial charge in [-0.1, -0.05) is 38.5 Å². The fourth-order valence-corrected chi connectivity index (χ4v) is 2.63. The van der Waals surface area contributed by atoms with Gasteiger partial charge in [-0.2, -0.15) is 4.73 Å². The van der Waals surface area contributed by atoms with Crippen LogP contribution in [0.15, 0.2) is 18.2 Å². The van der Waals surface area contributed by atoms with E-state index in [4.69, 9.17) is 0 Å². The number of nitrogens with zero attached hydrogens (tertiary/aromatic N) is 1. The van der Waals surface area contributed by atoms with Gasteiger partial charge in [0.25, 0.3) is 0 Å². The van der Waals surface area contributed by atoms with Gasteiger partial charge in [0.2, 0.25) is 0 Å². The molecule has 0 N–H and O–H groups in total. The second kappa shape index (κ2) is 6.63. The van der Waals surface area contributed by atoms with Crippen LogP contribution in [0.1, 0.15) is 62.8 Å². The van der Waals surface area contributed by atoms with Gasteiger partial charge >= 0.3 is 0 Å². The molecule has 0 saturated carbocycles. The molecule has 2 nitrogen and oxygen atoms in total. The summed E-state index contributed by atoms with van der Waals surface area (Å²) in [6.45, 7) is 0. The van der Waals surface area contributed by atoms with Gasteiger partial charge in [0.1, 0.15) is 0 Å². The Bertz CT molecular complexity index is 319. The summed E-state index contributed by atoms with van der Waals surface area (Å²) in [7, 11) is 0. The summed E-state index contributed by atoms with van der Waals surface area (Å²) in [6, 6.07) is 6.00. The van der Waals surface area contributed by atoms with Gasteiger partial charge in [-0.15, -0.1) is 0 Å². The molecule has 0 aromatic carbocycles. The molecule has 1 aliphatic heterocycles. The zero-order chi connectivity index (χ0) is 11.9. The topological polar surface area (TPSA) is 26.9 Å². The quantitative estimate of drug-likeness (QED) is 0.497. The third-order valence-electron chi connectivity index (χ3n) is 3.71. The normalized spacial score (nSPS) is 18.8. The zero-order valence-electron chi connectivity index (χ0n) is 10.7. The minimum absolute atomic E-state index is 0.942. The Morgan fingerprint density at radius 2 is 1.12 bits per heavy atom. The van der Waals surface area contributed by atoms with Crippen molar-refractivity contribution in [3.05, 3.63) is 34.8 Å². The Hall–Kier alpha value is -1.05. The van der Waals surface area contributed by atoms with Crippen molar-refractivity contribution in [2.45, 2.75) is 64.2 Å². The van der Waals surface area contributed by atoms with Gasteiger partial charge in [0.15, 0.2) is 11.4 Å². The van der Waals surface area contributed by atoms with Gasteiger partial charge in [0, 0.05) is 25.0 Å². The number of hydrogen-bond donors (Lipinski definition) is 0. The Balaban J connectivity index is 2.06. The van der Waals surface area contributed by atoms with Crippen molar-refractivity contribution < 1.29 is 4.73 Å². The smallest absolute Gasteiger partial charge is 0.193 e. The standard InChI is InChI=1S/C15H23NO/c17-16-14-10-7-5-3-1-2-4-6-8-11-15(16)13-9-12-14/h9,12-13H,1-8,10-11H2. The molecule has 17 heavy (non-hydrogen) atoms. The molecule has 0 radical (unpaired) electrons. The molecule has 0 amide bonds. The molecule has 2 heteroatoms. The Kier molecular flexibility index (Phi) is 4.84. The molecule has 0 atom stereocenters. The van der Waals surface area contributed by atoms with Gasteiger partial charge in [-0.05, 0) is 18.9 Å². The van der Waals surface area contributed by atoms with Crippen LogP contribution in [-0.2, 0) is 12.8 Å². The van der Waals surface area contributed by atoms with Crippen LogP contribution in [0.25, 0.3) is 0 Å². The number of fused-ring (bicyclic) bond motifs is 2. The van der Waals surface area contributed by atoms with Crippen molar-refractivity contribution in [2.75, 3.05) is 0 Å². The molecule has 0 aliphatic carbocycles. The lowest BCUT2D eigenvalue weighted by Gasteiger charge is -2.08. The van der Waals surface area contributed by atoms with E-state index in [2.05, 4.69) is 0 Å². The molecule has 94 valence electrons. The maximum Gasteiger partial charge on any atom is 0.193 e. The highest BCUT2D eigenvalue weighted by molar-refractivity contribution is 5.04. The van der Waals surface area contributed by atoms with Crippen molar-refractivity contribution in [3.63, 3.8) is 0 Å². The fourth-order valence-electron chi connectivity index (χ4n) is 2.63. The predicted molar refractivity (Wildman–Crippen MR) is 69.7 cm³/mol. The van der Waals surface area contributed by atoms with E-state index in [9.17, 15) is 5.21 Å². The van der Waals surface area contributed by atoms with E-state index in [1.807, 2.05) is 18.2 Å². The number of rotatable bonds is 0. The molecule has 1 aromatic heterocycles. The Morgan fingerprint density at radius 1 is 0.706 bits per heavy atom. The van der Waals surface area contributed by atoms with Crippen LogP contribution in [-0.4, -0.2) is 0 Å². The largest absolute Gasteiger partial charge is 0.618 e. The van der Waals surface area contributed by atoms with Gasteiger partial charge < -0.3 is 5.21 Å². The summed E-state index contributed by atoms with van der Waals surface area (Å²) in [4.78, 5) is 0. The van der Waals surface area contributed by atoms with Crippen LogP contribution < -0.4 is 4.73 Å². The molecule has 0 fully saturated rings. The van der Waals surface area contributed by atoms with E-state index in [-0.39, 0.29) is 0 Å². The van der Waals surface area contributed by atoms with Crippen LogP contribution in [0.3, 0.4) is 0 Å². The van der Waals surface area contributed by atoms with Crippen LogP contribution in [0.5, 0.6) is 0 Å². The molecule has 0 spiro atoms. The maximum absolute atomic E-state index is 12.1. The van der Waals surface area contributed by atoms with E-state index in [1.54, 1.807) is 0 Å². The molecule has 0 unspecified atom stereocenters. The second-order valence-electron chi connectivity index (χ2n) is 5.13. The van der Waals surface area contributed by atoms with Gasteiger partial charge in [0.05, 0.1) is 0 Å². The van der Waals surface area contributed by atoms with Crippen molar-refractivity contribution in [1.82, 2.24) is 0 Å². The Labute approximate surface area is 104 Å². The zero-order valence-corrected chi connectivity index (χ0v) is 10.7. The molecule has 1 aromatic rings. The molecule has 2 rings (SSSR count). The molecule has 1 aliphatic rings. The summed E-state index contributed by atoms with van der Waals surface area (Å²) >= 11 is 0. The van der Waals surface area contributed by atoms with Gasteiger partial charge in [-0.25, -0.2) is 0 Å². The van der Waals surface area contributed by atoms with Crippen LogP contribution in [0.4, 0.5) is 0 Å². The van der Waals surface area contributed by atoms with Crippen molar-refractivity contribution in [2.24, 2.45) is 0 Å². The van der Waals surface area contributed by atoms with Crippen LogP contribution >= 0.6 is 0 Å². The average Bonchev–Trinajstić information content (AvgIpc) is 2.35. The summed E-state index contributed by atoms with van der Waals surface area (Å²) in [5, 5.41) is 12.1. The summed E-state index contributed by atoms with van der Waals surface area (Å²) < 4.78 is 1.18. The lowest BCUT2D eigenvalue weighted by atomic mass is 10.1.